The molecule has 1 aromatic carbocycles. The molecule has 0 radical (unpaired) electrons. The molecular weight excluding hydrogens is 158 g/mol. The molecule has 11 heavy (non-hydrogen) atoms. The van der Waals surface area contributed by atoms with Crippen molar-refractivity contribution in [3.8, 4) is 0 Å². The van der Waals surface area contributed by atoms with Crippen LogP contribution in [0.1, 0.15) is 5.56 Å². The molecule has 0 bridgehead atoms. The van der Waals surface area contributed by atoms with Crippen LogP contribution in [0.2, 0.25) is 0 Å². The summed E-state index contributed by atoms with van der Waals surface area (Å²) in [5, 5.41) is 5.18. The largest absolute Gasteiger partial charge is 0.593 e. The van der Waals surface area contributed by atoms with Crippen LogP contribution in [-0.4, -0.2) is 4.55 Å². The van der Waals surface area contributed by atoms with Crippen LogP contribution in [-0.2, 0) is 11.4 Å². The Morgan fingerprint density at radius 2 is 2.27 bits per heavy atom. The van der Waals surface area contributed by atoms with E-state index in [1.165, 1.54) is 0 Å². The number of hydrogen-bond donors (Lipinski definition) is 1. The third-order valence-electron chi connectivity index (χ3n) is 1.33. The molecule has 0 amide bonds. The highest BCUT2D eigenvalue weighted by atomic mass is 32.2. The Morgan fingerprint density at radius 1 is 1.55 bits per heavy atom. The van der Waals surface area contributed by atoms with Gasteiger partial charge in [-0.1, -0.05) is 24.8 Å². The van der Waals surface area contributed by atoms with Crippen LogP contribution >= 0.6 is 0 Å². The van der Waals surface area contributed by atoms with E-state index in [-0.39, 0.29) is 0 Å². The Kier molecular flexibility index (Phi) is 2.70. The first-order chi connectivity index (χ1) is 5.24. The minimum atomic E-state index is -1.39. The Labute approximate surface area is 69.0 Å². The highest BCUT2D eigenvalue weighted by molar-refractivity contribution is 7.89. The first kappa shape index (κ1) is 8.33. The molecule has 0 aliphatic heterocycles. The fraction of sp³-hybridized carbons (Fsp3) is 0. The Balaban J connectivity index is 3.00. The van der Waals surface area contributed by atoms with Gasteiger partial charge in [0.2, 0.25) is 0 Å². The van der Waals surface area contributed by atoms with Crippen molar-refractivity contribution in [2.24, 2.45) is 5.14 Å². The molecule has 1 atom stereocenters. The molecular formula is C8H9NOS. The molecule has 0 aliphatic rings. The summed E-state index contributed by atoms with van der Waals surface area (Å²) in [5.41, 5.74) is 0.932. The lowest BCUT2D eigenvalue weighted by molar-refractivity contribution is 0.596. The maximum Gasteiger partial charge on any atom is 0.174 e. The first-order valence-electron chi connectivity index (χ1n) is 3.12. The standard InChI is InChI=1S/C8H9NOS/c1-2-7-4-3-5-8(6-7)11(9)10/h2-6H,1,9H2. The van der Waals surface area contributed by atoms with E-state index < -0.39 is 11.4 Å². The van der Waals surface area contributed by atoms with Gasteiger partial charge in [0.15, 0.2) is 4.90 Å². The average molecular weight is 167 g/mol. The van der Waals surface area contributed by atoms with Crippen LogP contribution in [0.4, 0.5) is 0 Å². The monoisotopic (exact) mass is 167 g/mol. The fourth-order valence-corrected chi connectivity index (χ4v) is 1.23. The van der Waals surface area contributed by atoms with E-state index in [2.05, 4.69) is 6.58 Å². The van der Waals surface area contributed by atoms with Crippen LogP contribution in [0, 0.1) is 0 Å². The Bertz CT molecular complexity index is 260. The van der Waals surface area contributed by atoms with Gasteiger partial charge >= 0.3 is 0 Å². The van der Waals surface area contributed by atoms with Crippen LogP contribution in [0.3, 0.4) is 0 Å². The second-order valence-corrected chi connectivity index (χ2v) is 3.14. The van der Waals surface area contributed by atoms with Crippen LogP contribution < -0.4 is 5.14 Å². The molecule has 0 heterocycles. The molecule has 1 aromatic rings. The van der Waals surface area contributed by atoms with Gasteiger partial charge in [-0.15, -0.1) is 5.14 Å². The zero-order valence-electron chi connectivity index (χ0n) is 5.99. The fourth-order valence-electron chi connectivity index (χ4n) is 0.767. The van der Waals surface area contributed by atoms with Gasteiger partial charge in [-0.2, -0.15) is 0 Å². The summed E-state index contributed by atoms with van der Waals surface area (Å²) in [7, 11) is 0. The Morgan fingerprint density at radius 3 is 2.82 bits per heavy atom. The van der Waals surface area contributed by atoms with E-state index in [9.17, 15) is 4.55 Å². The minimum Gasteiger partial charge on any atom is -0.593 e. The van der Waals surface area contributed by atoms with E-state index >= 15 is 0 Å². The van der Waals surface area contributed by atoms with E-state index in [1.807, 2.05) is 6.07 Å². The molecule has 0 aromatic heterocycles. The molecule has 1 rings (SSSR count). The number of rotatable bonds is 2. The average Bonchev–Trinajstić information content (AvgIpc) is 2.05. The van der Waals surface area contributed by atoms with E-state index in [4.69, 9.17) is 5.14 Å². The molecule has 0 aliphatic carbocycles. The molecule has 0 saturated heterocycles. The quantitative estimate of drug-likeness (QED) is 0.675. The summed E-state index contributed by atoms with van der Waals surface area (Å²) in [6.07, 6.45) is 1.69. The SMILES string of the molecule is C=Cc1cccc([S+](N)[O-])c1. The second kappa shape index (κ2) is 3.57. The van der Waals surface area contributed by atoms with Gasteiger partial charge in [0.1, 0.15) is 0 Å². The van der Waals surface area contributed by atoms with Gasteiger partial charge in [-0.25, -0.2) is 0 Å². The predicted molar refractivity (Wildman–Crippen MR) is 47.1 cm³/mol. The van der Waals surface area contributed by atoms with Gasteiger partial charge in [-0.3, -0.25) is 0 Å². The first-order valence-corrected chi connectivity index (χ1v) is 4.34. The maximum atomic E-state index is 10.8. The summed E-state index contributed by atoms with van der Waals surface area (Å²) in [6, 6.07) is 7.16. The third kappa shape index (κ3) is 2.08. The van der Waals surface area contributed by atoms with Gasteiger partial charge in [0.25, 0.3) is 0 Å². The smallest absolute Gasteiger partial charge is 0.174 e. The van der Waals surface area contributed by atoms with Crippen molar-refractivity contribution >= 4 is 17.4 Å². The lowest BCUT2D eigenvalue weighted by atomic mass is 10.2. The zero-order valence-corrected chi connectivity index (χ0v) is 6.80. The number of hydrogen-bond acceptors (Lipinski definition) is 2. The molecule has 0 fully saturated rings. The third-order valence-corrected chi connectivity index (χ3v) is 2.04. The lowest BCUT2D eigenvalue weighted by Crippen LogP contribution is -2.11. The summed E-state index contributed by atoms with van der Waals surface area (Å²) >= 11 is -1.39. The second-order valence-electron chi connectivity index (χ2n) is 2.07. The summed E-state index contributed by atoms with van der Waals surface area (Å²) in [5.74, 6) is 0. The summed E-state index contributed by atoms with van der Waals surface area (Å²) in [6.45, 7) is 3.59. The van der Waals surface area contributed by atoms with Crippen LogP contribution in [0.25, 0.3) is 6.08 Å². The number of benzene rings is 1. The van der Waals surface area contributed by atoms with Crippen LogP contribution in [0.5, 0.6) is 0 Å². The molecule has 0 spiro atoms. The maximum absolute atomic E-state index is 10.8. The Hall–Kier alpha value is -0.770. The predicted octanol–water partition coefficient (Wildman–Crippen LogP) is 1.31. The van der Waals surface area contributed by atoms with Crippen molar-refractivity contribution in [1.82, 2.24) is 0 Å². The van der Waals surface area contributed by atoms with E-state index in [0.29, 0.717) is 4.90 Å². The van der Waals surface area contributed by atoms with Crippen molar-refractivity contribution in [3.63, 3.8) is 0 Å². The molecule has 2 N–H and O–H groups in total. The molecule has 1 unspecified atom stereocenters. The molecule has 58 valence electrons. The van der Waals surface area contributed by atoms with Crippen molar-refractivity contribution in [1.29, 1.82) is 0 Å². The zero-order chi connectivity index (χ0) is 8.27. The summed E-state index contributed by atoms with van der Waals surface area (Å²) in [4.78, 5) is 0.627. The van der Waals surface area contributed by atoms with Gasteiger partial charge in [0.05, 0.1) is 11.4 Å². The topological polar surface area (TPSA) is 49.1 Å². The molecule has 2 nitrogen and oxygen atoms in total. The van der Waals surface area contributed by atoms with Crippen molar-refractivity contribution in [2.45, 2.75) is 4.90 Å². The minimum absolute atomic E-state index is 0.627. The van der Waals surface area contributed by atoms with Crippen molar-refractivity contribution < 1.29 is 4.55 Å². The number of nitrogens with two attached hydrogens (primary N) is 1. The lowest BCUT2D eigenvalue weighted by Gasteiger charge is -2.01. The molecule has 3 heteroatoms. The van der Waals surface area contributed by atoms with E-state index in [1.54, 1.807) is 24.3 Å². The van der Waals surface area contributed by atoms with Gasteiger partial charge in [-0.05, 0) is 11.6 Å². The van der Waals surface area contributed by atoms with Crippen molar-refractivity contribution in [2.75, 3.05) is 0 Å². The van der Waals surface area contributed by atoms with E-state index in [0.717, 1.165) is 5.56 Å². The van der Waals surface area contributed by atoms with Gasteiger partial charge in [0, 0.05) is 6.07 Å². The van der Waals surface area contributed by atoms with Gasteiger partial charge < -0.3 is 4.55 Å². The van der Waals surface area contributed by atoms with Crippen LogP contribution in [0.15, 0.2) is 35.7 Å². The van der Waals surface area contributed by atoms with Crippen molar-refractivity contribution in [3.05, 3.63) is 36.4 Å². The molecule has 0 saturated carbocycles. The highest BCUT2D eigenvalue weighted by Gasteiger charge is 2.03. The summed E-state index contributed by atoms with van der Waals surface area (Å²) < 4.78 is 10.8. The highest BCUT2D eigenvalue weighted by Crippen LogP contribution is 2.09. The normalized spacial score (nSPS) is 12.5.